The Morgan fingerprint density at radius 2 is 1.28 bits per heavy atom. The maximum Gasteiger partial charge on any atom is 0.187 e. The van der Waals surface area contributed by atoms with E-state index in [1.807, 2.05) is 0 Å². The van der Waals surface area contributed by atoms with Crippen LogP contribution >= 0.6 is 55.7 Å². The van der Waals surface area contributed by atoms with Gasteiger partial charge in [-0.3, -0.25) is 0 Å². The summed E-state index contributed by atoms with van der Waals surface area (Å²) < 4.78 is 11.4. The lowest BCUT2D eigenvalue weighted by Crippen LogP contribution is -1.96. The predicted molar refractivity (Wildman–Crippen MR) is 141 cm³/mol. The highest BCUT2D eigenvalue weighted by Gasteiger charge is 2.22. The Hall–Kier alpha value is -1.64. The Morgan fingerprint density at radius 1 is 0.655 bits per heavy atom. The first-order chi connectivity index (χ1) is 14.2. The van der Waals surface area contributed by atoms with Crippen molar-refractivity contribution < 1.29 is 4.74 Å². The molecule has 0 bridgehead atoms. The second-order valence-corrected chi connectivity index (χ2v) is 11.1. The van der Waals surface area contributed by atoms with Crippen LogP contribution in [0.4, 0.5) is 0 Å². The van der Waals surface area contributed by atoms with Gasteiger partial charge in [0.1, 0.15) is 12.4 Å². The molecule has 5 aromatic rings. The summed E-state index contributed by atoms with van der Waals surface area (Å²) in [5, 5.41) is 2.72. The smallest absolute Gasteiger partial charge is 0.187 e. The van der Waals surface area contributed by atoms with Gasteiger partial charge < -0.3 is 4.74 Å². The maximum atomic E-state index is 6.04. The Balaban J connectivity index is 1.46. The van der Waals surface area contributed by atoms with Crippen LogP contribution in [-0.2, 0) is 6.61 Å². The van der Waals surface area contributed by atoms with Gasteiger partial charge in [-0.2, -0.15) is 0 Å². The molecule has 0 fully saturated rings. The topological polar surface area (TPSA) is 9.23 Å². The molecule has 0 unspecified atom stereocenters. The van der Waals surface area contributed by atoms with Crippen LogP contribution in [0.5, 0.6) is 5.75 Å². The molecule has 0 aliphatic rings. The average molecular weight is 619 g/mol. The van der Waals surface area contributed by atoms with Crippen LogP contribution < -0.4 is 4.74 Å². The Morgan fingerprint density at radius 3 is 1.90 bits per heavy atom. The van der Waals surface area contributed by atoms with Crippen molar-refractivity contribution in [2.45, 2.75) is 6.61 Å². The Bertz CT molecular complexity index is 1270. The van der Waals surface area contributed by atoms with Crippen molar-refractivity contribution >= 4 is 75.8 Å². The minimum atomic E-state index is -0.0519. The van der Waals surface area contributed by atoms with Crippen molar-refractivity contribution in [3.05, 3.63) is 104 Å². The SMILES string of the molecule is Ic1ccc(COc2ccc(-[s+]3c4ccccc4c4ccccc43)cc2)cc1I. The number of rotatable bonds is 4. The predicted octanol–water partition coefficient (Wildman–Crippen LogP) is 8.52. The molecule has 0 radical (unpaired) electrons. The van der Waals surface area contributed by atoms with Crippen molar-refractivity contribution in [2.75, 3.05) is 0 Å². The number of hydrogen-bond acceptors (Lipinski definition) is 1. The van der Waals surface area contributed by atoms with Crippen molar-refractivity contribution in [2.24, 2.45) is 0 Å². The molecule has 0 atom stereocenters. The highest BCUT2D eigenvalue weighted by atomic mass is 127. The van der Waals surface area contributed by atoms with Gasteiger partial charge in [0.05, 0.1) is 0 Å². The fraction of sp³-hybridized carbons (Fsp3) is 0.0400. The van der Waals surface area contributed by atoms with Gasteiger partial charge in [-0.05, 0) is 99.3 Å². The molecule has 0 amide bonds. The number of hydrogen-bond donors (Lipinski definition) is 0. The van der Waals surface area contributed by atoms with E-state index in [9.17, 15) is 0 Å². The molecule has 0 aliphatic carbocycles. The first-order valence-electron chi connectivity index (χ1n) is 9.30. The van der Waals surface area contributed by atoms with E-state index < -0.39 is 0 Å². The summed E-state index contributed by atoms with van der Waals surface area (Å²) in [6, 6.07) is 32.6. The summed E-state index contributed by atoms with van der Waals surface area (Å²) in [6.07, 6.45) is 0. The molecule has 0 spiro atoms. The molecule has 1 nitrogen and oxygen atoms in total. The maximum absolute atomic E-state index is 6.04. The lowest BCUT2D eigenvalue weighted by Gasteiger charge is -2.07. The summed E-state index contributed by atoms with van der Waals surface area (Å²) in [4.78, 5) is 1.33. The molecule has 0 aliphatic heterocycles. The molecule has 0 saturated carbocycles. The van der Waals surface area contributed by atoms with E-state index in [1.165, 1.54) is 37.8 Å². The van der Waals surface area contributed by atoms with Crippen LogP contribution in [0.2, 0.25) is 0 Å². The van der Waals surface area contributed by atoms with E-state index in [0.29, 0.717) is 6.61 Å². The second kappa shape index (κ2) is 8.24. The third-order valence-electron chi connectivity index (χ3n) is 4.95. The molecule has 5 rings (SSSR count). The number of thiophene rings is 1. The van der Waals surface area contributed by atoms with Gasteiger partial charge in [0, 0.05) is 40.5 Å². The average Bonchev–Trinajstić information content (AvgIpc) is 3.10. The Kier molecular flexibility index (Phi) is 5.49. The number of halogens is 2. The van der Waals surface area contributed by atoms with Crippen LogP contribution in [0.1, 0.15) is 5.56 Å². The zero-order chi connectivity index (χ0) is 19.8. The van der Waals surface area contributed by atoms with Crippen molar-refractivity contribution in [3.63, 3.8) is 0 Å². The van der Waals surface area contributed by atoms with E-state index in [4.69, 9.17) is 4.74 Å². The number of fused-ring (bicyclic) bond motifs is 3. The minimum Gasteiger partial charge on any atom is -0.489 e. The van der Waals surface area contributed by atoms with Gasteiger partial charge >= 0.3 is 0 Å². The van der Waals surface area contributed by atoms with Crippen LogP contribution in [0.3, 0.4) is 0 Å². The fourth-order valence-corrected chi connectivity index (χ4v) is 6.87. The second-order valence-electron chi connectivity index (χ2n) is 6.81. The van der Waals surface area contributed by atoms with Gasteiger partial charge in [0.2, 0.25) is 0 Å². The normalized spacial score (nSPS) is 11.2. The zero-order valence-electron chi connectivity index (χ0n) is 15.4. The standard InChI is InChI=1S/C25H17I2OS/c26-22-14-9-17(15-23(22)27)16-28-18-10-12-19(13-11-18)29-24-7-3-1-5-20(24)21-6-2-4-8-25(21)29/h1-15H,16H2/q+1. The van der Waals surface area contributed by atoms with Crippen molar-refractivity contribution in [3.8, 4) is 10.6 Å². The summed E-state index contributed by atoms with van der Waals surface area (Å²) in [5.41, 5.74) is 1.19. The molecule has 1 aromatic heterocycles. The summed E-state index contributed by atoms with van der Waals surface area (Å²) in [6.45, 7) is 0.587. The molecular formula is C25H17I2OS+. The quantitative estimate of drug-likeness (QED) is 0.145. The van der Waals surface area contributed by atoms with Crippen LogP contribution in [0.25, 0.3) is 25.1 Å². The highest BCUT2D eigenvalue weighted by Crippen LogP contribution is 2.48. The van der Waals surface area contributed by atoms with Gasteiger partial charge in [-0.1, -0.05) is 30.3 Å². The van der Waals surface area contributed by atoms with E-state index >= 15 is 0 Å². The largest absolute Gasteiger partial charge is 0.489 e. The Labute approximate surface area is 200 Å². The van der Waals surface area contributed by atoms with E-state index in [2.05, 4.69) is 136 Å². The van der Waals surface area contributed by atoms with E-state index in [0.717, 1.165) is 5.75 Å². The summed E-state index contributed by atoms with van der Waals surface area (Å²) >= 11 is 4.72. The first-order valence-corrected chi connectivity index (χ1v) is 12.7. The monoisotopic (exact) mass is 619 g/mol. The third kappa shape index (κ3) is 3.78. The molecule has 0 saturated heterocycles. The summed E-state index contributed by atoms with van der Waals surface area (Å²) in [5.74, 6) is 0.909. The molecule has 142 valence electrons. The van der Waals surface area contributed by atoms with Crippen LogP contribution in [0.15, 0.2) is 91.0 Å². The molecule has 29 heavy (non-hydrogen) atoms. The van der Waals surface area contributed by atoms with Crippen LogP contribution in [-0.4, -0.2) is 0 Å². The van der Waals surface area contributed by atoms with Gasteiger partial charge in [0.25, 0.3) is 0 Å². The third-order valence-corrected chi connectivity index (χ3v) is 10.2. The number of benzene rings is 4. The number of ether oxygens (including phenoxy) is 1. The van der Waals surface area contributed by atoms with Crippen molar-refractivity contribution in [1.29, 1.82) is 0 Å². The zero-order valence-corrected chi connectivity index (χ0v) is 20.6. The van der Waals surface area contributed by atoms with Gasteiger partial charge in [-0.15, -0.1) is 0 Å². The van der Waals surface area contributed by atoms with Crippen molar-refractivity contribution in [1.82, 2.24) is 0 Å². The highest BCUT2D eigenvalue weighted by molar-refractivity contribution is 14.1. The molecular weight excluding hydrogens is 602 g/mol. The lowest BCUT2D eigenvalue weighted by atomic mass is 10.2. The minimum absolute atomic E-state index is 0.0519. The first kappa shape index (κ1) is 19.3. The molecule has 0 N–H and O–H groups in total. The van der Waals surface area contributed by atoms with Crippen LogP contribution in [0, 0.1) is 7.14 Å². The molecule has 4 heteroatoms. The van der Waals surface area contributed by atoms with Gasteiger partial charge in [-0.25, -0.2) is 0 Å². The molecule has 4 aromatic carbocycles. The van der Waals surface area contributed by atoms with E-state index in [1.54, 1.807) is 0 Å². The molecule has 1 heterocycles. The fourth-order valence-electron chi connectivity index (χ4n) is 3.57. The summed E-state index contributed by atoms with van der Waals surface area (Å²) in [7, 11) is -0.0519. The van der Waals surface area contributed by atoms with Gasteiger partial charge in [0.15, 0.2) is 14.3 Å². The lowest BCUT2D eigenvalue weighted by molar-refractivity contribution is 0.306. The van der Waals surface area contributed by atoms with E-state index in [-0.39, 0.29) is 10.5 Å².